The summed E-state index contributed by atoms with van der Waals surface area (Å²) in [4.78, 5) is 8.52. The maximum absolute atomic E-state index is 10.8. The van der Waals surface area contributed by atoms with E-state index in [9.17, 15) is 10.2 Å². The lowest BCUT2D eigenvalue weighted by Gasteiger charge is -2.33. The van der Waals surface area contributed by atoms with E-state index in [-0.39, 0.29) is 0 Å². The second kappa shape index (κ2) is 6.23. The number of hydrogen-bond donors (Lipinski definition) is 2. The van der Waals surface area contributed by atoms with Crippen LogP contribution < -0.4 is 0 Å². The van der Waals surface area contributed by atoms with E-state index in [0.717, 1.165) is 22.2 Å². The lowest BCUT2D eigenvalue weighted by Crippen LogP contribution is -2.45. The number of aliphatic hydroxyl groups is 2. The van der Waals surface area contributed by atoms with E-state index in [1.54, 1.807) is 16.8 Å². The second-order valence-corrected chi connectivity index (χ2v) is 7.98. The molecule has 0 unspecified atom stereocenters. The van der Waals surface area contributed by atoms with Gasteiger partial charge in [0.1, 0.15) is 35.9 Å². The highest BCUT2D eigenvalue weighted by Gasteiger charge is 2.55. The van der Waals surface area contributed by atoms with E-state index in [0.29, 0.717) is 17.3 Å². The van der Waals surface area contributed by atoms with E-state index in [2.05, 4.69) is 9.97 Å². The SMILES string of the molecule is Cc1ncnc2c1ccn2[C@@H]1O[C@H]([C@]2(C)OCc3cc(Cl)ccc32)[C@@H](O)[C@H]1O. The molecule has 2 aliphatic heterocycles. The zero-order chi connectivity index (χ0) is 19.6. The van der Waals surface area contributed by atoms with Gasteiger partial charge in [0.25, 0.3) is 0 Å². The summed E-state index contributed by atoms with van der Waals surface area (Å²) in [5.74, 6) is 0. The van der Waals surface area contributed by atoms with E-state index in [1.165, 1.54) is 6.33 Å². The fraction of sp³-hybridized carbons (Fsp3) is 0.400. The molecule has 0 aliphatic carbocycles. The van der Waals surface area contributed by atoms with Crippen LogP contribution in [0.5, 0.6) is 0 Å². The Morgan fingerprint density at radius 3 is 2.86 bits per heavy atom. The molecule has 1 aromatic carbocycles. The molecular weight excluding hydrogens is 382 g/mol. The van der Waals surface area contributed by atoms with Crippen LogP contribution in [0.2, 0.25) is 5.02 Å². The van der Waals surface area contributed by atoms with Gasteiger partial charge in [-0.05, 0) is 43.2 Å². The predicted octanol–water partition coefficient (Wildman–Crippen LogP) is 2.46. The number of aryl methyl sites for hydroxylation is 1. The Balaban J connectivity index is 1.53. The predicted molar refractivity (Wildman–Crippen MR) is 102 cm³/mol. The first kappa shape index (κ1) is 18.0. The van der Waals surface area contributed by atoms with Crippen molar-refractivity contribution in [3.8, 4) is 0 Å². The standard InChI is InChI=1S/C20H20ClN3O4/c1-10-13-5-6-24(18(13)23-9-22-10)19-16(26)15(25)17(28-19)20(2)14-4-3-12(21)7-11(14)8-27-20/h3-7,9,15-17,19,25-26H,8H2,1-2H3/t15-,16+,17-,19+,20+/m0/s1. The third-order valence-electron chi connectivity index (χ3n) is 5.89. The highest BCUT2D eigenvalue weighted by atomic mass is 35.5. The zero-order valence-electron chi connectivity index (χ0n) is 15.4. The smallest absolute Gasteiger partial charge is 0.164 e. The van der Waals surface area contributed by atoms with Gasteiger partial charge in [-0.25, -0.2) is 9.97 Å². The number of nitrogens with zero attached hydrogens (tertiary/aromatic N) is 3. The molecule has 0 radical (unpaired) electrons. The normalized spacial score (nSPS) is 32.2. The van der Waals surface area contributed by atoms with Crippen LogP contribution in [0.15, 0.2) is 36.8 Å². The van der Waals surface area contributed by atoms with Crippen molar-refractivity contribution in [2.75, 3.05) is 0 Å². The lowest BCUT2D eigenvalue weighted by atomic mass is 9.86. The number of hydrogen-bond acceptors (Lipinski definition) is 6. The molecule has 5 rings (SSSR count). The molecule has 146 valence electrons. The number of halogens is 1. The maximum atomic E-state index is 10.8. The first-order valence-corrected chi connectivity index (χ1v) is 9.50. The van der Waals surface area contributed by atoms with Crippen LogP contribution in [0, 0.1) is 6.92 Å². The average Bonchev–Trinajstić information content (AvgIpc) is 3.32. The van der Waals surface area contributed by atoms with Crippen molar-refractivity contribution in [1.82, 2.24) is 14.5 Å². The van der Waals surface area contributed by atoms with Crippen LogP contribution in [0.25, 0.3) is 11.0 Å². The van der Waals surface area contributed by atoms with E-state index >= 15 is 0 Å². The summed E-state index contributed by atoms with van der Waals surface area (Å²) in [7, 11) is 0. The molecule has 0 bridgehead atoms. The van der Waals surface area contributed by atoms with Crippen molar-refractivity contribution in [1.29, 1.82) is 0 Å². The Bertz CT molecular complexity index is 1070. The van der Waals surface area contributed by atoms with Gasteiger partial charge in [0.05, 0.1) is 12.3 Å². The minimum absolute atomic E-state index is 0.374. The van der Waals surface area contributed by atoms with Gasteiger partial charge >= 0.3 is 0 Å². The molecule has 0 saturated carbocycles. The highest BCUT2D eigenvalue weighted by Crippen LogP contribution is 2.47. The third kappa shape index (κ3) is 2.44. The van der Waals surface area contributed by atoms with Crippen molar-refractivity contribution >= 4 is 22.6 Å². The number of aliphatic hydroxyl groups excluding tert-OH is 2. The topological polar surface area (TPSA) is 89.6 Å². The summed E-state index contributed by atoms with van der Waals surface area (Å²) in [6.45, 7) is 4.14. The van der Waals surface area contributed by atoms with Crippen molar-refractivity contribution in [3.05, 3.63) is 58.6 Å². The van der Waals surface area contributed by atoms with Crippen LogP contribution in [0.4, 0.5) is 0 Å². The van der Waals surface area contributed by atoms with E-state index < -0.39 is 30.1 Å². The number of benzene rings is 1. The second-order valence-electron chi connectivity index (χ2n) is 7.54. The Morgan fingerprint density at radius 2 is 2.04 bits per heavy atom. The summed E-state index contributed by atoms with van der Waals surface area (Å²) in [5, 5.41) is 23.1. The number of fused-ring (bicyclic) bond motifs is 2. The molecular formula is C20H20ClN3O4. The molecule has 5 atom stereocenters. The van der Waals surface area contributed by atoms with Crippen molar-refractivity contribution in [3.63, 3.8) is 0 Å². The molecule has 8 heteroatoms. The van der Waals surface area contributed by atoms with Crippen LogP contribution in [0.3, 0.4) is 0 Å². The Morgan fingerprint density at radius 1 is 1.21 bits per heavy atom. The van der Waals surface area contributed by atoms with Gasteiger partial charge in [-0.15, -0.1) is 0 Å². The Labute approximate surface area is 166 Å². The number of aromatic nitrogens is 3. The molecule has 2 aliphatic rings. The minimum atomic E-state index is -1.13. The monoisotopic (exact) mass is 401 g/mol. The molecule has 0 spiro atoms. The van der Waals surface area contributed by atoms with Crippen molar-refractivity contribution < 1.29 is 19.7 Å². The molecule has 7 nitrogen and oxygen atoms in total. The molecule has 2 N–H and O–H groups in total. The molecule has 1 saturated heterocycles. The summed E-state index contributed by atoms with van der Waals surface area (Å²) in [5.41, 5.74) is 2.45. The van der Waals surface area contributed by atoms with Gasteiger partial charge < -0.3 is 24.3 Å². The molecule has 0 amide bonds. The van der Waals surface area contributed by atoms with Crippen LogP contribution in [-0.2, 0) is 21.7 Å². The Hall–Kier alpha value is -2.03. The fourth-order valence-electron chi connectivity index (χ4n) is 4.35. The van der Waals surface area contributed by atoms with Gasteiger partial charge in [0.2, 0.25) is 0 Å². The third-order valence-corrected chi connectivity index (χ3v) is 6.13. The molecule has 4 heterocycles. The van der Waals surface area contributed by atoms with Crippen LogP contribution in [-0.4, -0.2) is 43.1 Å². The summed E-state index contributed by atoms with van der Waals surface area (Å²) in [6, 6.07) is 7.42. The average molecular weight is 402 g/mol. The van der Waals surface area contributed by atoms with Crippen LogP contribution in [0.1, 0.15) is 30.0 Å². The van der Waals surface area contributed by atoms with Gasteiger partial charge in [-0.1, -0.05) is 17.7 Å². The van der Waals surface area contributed by atoms with Gasteiger partial charge in [0.15, 0.2) is 6.23 Å². The fourth-order valence-corrected chi connectivity index (χ4v) is 4.55. The van der Waals surface area contributed by atoms with Gasteiger partial charge in [-0.3, -0.25) is 0 Å². The number of rotatable bonds is 2. The van der Waals surface area contributed by atoms with Crippen molar-refractivity contribution in [2.45, 2.75) is 50.6 Å². The summed E-state index contributed by atoms with van der Waals surface area (Å²) < 4.78 is 14.0. The Kier molecular flexibility index (Phi) is 4.01. The molecule has 2 aromatic heterocycles. The molecule has 28 heavy (non-hydrogen) atoms. The van der Waals surface area contributed by atoms with E-state index in [4.69, 9.17) is 21.1 Å². The minimum Gasteiger partial charge on any atom is -0.387 e. The first-order valence-electron chi connectivity index (χ1n) is 9.13. The maximum Gasteiger partial charge on any atom is 0.164 e. The van der Waals surface area contributed by atoms with Gasteiger partial charge in [0, 0.05) is 16.6 Å². The van der Waals surface area contributed by atoms with Gasteiger partial charge in [-0.2, -0.15) is 0 Å². The quantitative estimate of drug-likeness (QED) is 0.685. The lowest BCUT2D eigenvalue weighted by molar-refractivity contribution is -0.159. The molecule has 1 fully saturated rings. The van der Waals surface area contributed by atoms with Crippen molar-refractivity contribution in [2.24, 2.45) is 0 Å². The zero-order valence-corrected chi connectivity index (χ0v) is 16.2. The summed E-state index contributed by atoms with van der Waals surface area (Å²) in [6.07, 6.45) is -0.533. The first-order chi connectivity index (χ1) is 13.4. The number of ether oxygens (including phenoxy) is 2. The van der Waals surface area contributed by atoms with E-state index in [1.807, 2.05) is 32.0 Å². The highest BCUT2D eigenvalue weighted by molar-refractivity contribution is 6.30. The molecule has 3 aromatic rings. The largest absolute Gasteiger partial charge is 0.387 e. The van der Waals surface area contributed by atoms with Crippen LogP contribution >= 0.6 is 11.6 Å². The summed E-state index contributed by atoms with van der Waals surface area (Å²) >= 11 is 6.10.